The zero-order chi connectivity index (χ0) is 18.8. The highest BCUT2D eigenvalue weighted by atomic mass is 16.3. The smallest absolute Gasteiger partial charge is 0.255 e. The lowest BCUT2D eigenvalue weighted by Gasteiger charge is -2.26. The van der Waals surface area contributed by atoms with Gasteiger partial charge in [-0.2, -0.15) is 0 Å². The van der Waals surface area contributed by atoms with Crippen molar-refractivity contribution in [1.29, 1.82) is 0 Å². The highest BCUT2D eigenvalue weighted by Gasteiger charge is 2.36. The average molecular weight is 363 g/mol. The number of amides is 1. The van der Waals surface area contributed by atoms with Crippen molar-refractivity contribution in [2.75, 3.05) is 59.5 Å². The zero-order valence-electron chi connectivity index (χ0n) is 16.7. The van der Waals surface area contributed by atoms with E-state index in [1.54, 1.807) is 0 Å². The van der Waals surface area contributed by atoms with E-state index in [-0.39, 0.29) is 18.4 Å². The summed E-state index contributed by atoms with van der Waals surface area (Å²) in [5.41, 5.74) is 2.93. The van der Waals surface area contributed by atoms with Crippen molar-refractivity contribution < 1.29 is 9.90 Å². The summed E-state index contributed by atoms with van der Waals surface area (Å²) in [5, 5.41) is 9.87. The normalized spacial score (nSPS) is 25.7. The summed E-state index contributed by atoms with van der Waals surface area (Å²) >= 11 is 0. The third-order valence-electron chi connectivity index (χ3n) is 6.41. The van der Waals surface area contributed by atoms with Gasteiger partial charge in [-0.05, 0) is 52.4 Å². The van der Waals surface area contributed by atoms with Crippen molar-refractivity contribution in [2.45, 2.75) is 20.3 Å². The van der Waals surface area contributed by atoms with Gasteiger partial charge in [0, 0.05) is 63.7 Å². The molecule has 1 N–H and O–H groups in total. The van der Waals surface area contributed by atoms with Gasteiger partial charge in [-0.3, -0.25) is 4.79 Å². The Morgan fingerprint density at radius 3 is 2.50 bits per heavy atom. The van der Waals surface area contributed by atoms with Gasteiger partial charge in [0.2, 0.25) is 0 Å². The Hall–Kier alpha value is -1.37. The number of aliphatic hydroxyl groups is 1. The lowest BCUT2D eigenvalue weighted by Crippen LogP contribution is -2.36. The van der Waals surface area contributed by atoms with Gasteiger partial charge in [0.25, 0.3) is 5.91 Å². The molecule has 3 heterocycles. The molecule has 26 heavy (non-hydrogen) atoms. The predicted molar refractivity (Wildman–Crippen MR) is 103 cm³/mol. The van der Waals surface area contributed by atoms with Crippen molar-refractivity contribution in [2.24, 2.45) is 18.9 Å². The molecule has 6 heteroatoms. The van der Waals surface area contributed by atoms with E-state index in [1.807, 2.05) is 31.9 Å². The first-order valence-corrected chi connectivity index (χ1v) is 9.84. The van der Waals surface area contributed by atoms with Crippen LogP contribution in [0.3, 0.4) is 0 Å². The monoisotopic (exact) mass is 362 g/mol. The second-order valence-electron chi connectivity index (χ2n) is 8.21. The van der Waals surface area contributed by atoms with Gasteiger partial charge in [0.1, 0.15) is 0 Å². The minimum absolute atomic E-state index is 0.114. The molecule has 1 aromatic heterocycles. The molecule has 2 saturated heterocycles. The first-order valence-electron chi connectivity index (χ1n) is 9.84. The summed E-state index contributed by atoms with van der Waals surface area (Å²) in [7, 11) is 4.18. The Labute approximate surface area is 157 Å². The minimum Gasteiger partial charge on any atom is -0.396 e. The Kier molecular flexibility index (Phi) is 6.05. The summed E-state index contributed by atoms with van der Waals surface area (Å²) < 4.78 is 2.07. The Balaban J connectivity index is 1.66. The van der Waals surface area contributed by atoms with E-state index < -0.39 is 0 Å². The maximum atomic E-state index is 13.0. The third-order valence-corrected chi connectivity index (χ3v) is 6.41. The summed E-state index contributed by atoms with van der Waals surface area (Å²) in [6, 6.07) is 1.99. The molecule has 0 bridgehead atoms. The minimum atomic E-state index is 0.114. The van der Waals surface area contributed by atoms with Crippen LogP contribution in [-0.2, 0) is 7.05 Å². The summed E-state index contributed by atoms with van der Waals surface area (Å²) in [6.45, 7) is 11.0. The number of aliphatic hydroxyl groups excluding tert-OH is 1. The average Bonchev–Trinajstić information content (AvgIpc) is 3.06. The van der Waals surface area contributed by atoms with Crippen molar-refractivity contribution in [3.8, 4) is 0 Å². The van der Waals surface area contributed by atoms with Crippen LogP contribution >= 0.6 is 0 Å². The number of nitrogens with zero attached hydrogens (tertiary/aromatic N) is 4. The second kappa shape index (κ2) is 8.11. The second-order valence-corrected chi connectivity index (χ2v) is 8.21. The molecule has 0 unspecified atom stereocenters. The maximum absolute atomic E-state index is 13.0. The topological polar surface area (TPSA) is 52.0 Å². The van der Waals surface area contributed by atoms with Gasteiger partial charge in [0.05, 0.1) is 5.56 Å². The van der Waals surface area contributed by atoms with E-state index in [0.29, 0.717) is 12.5 Å². The molecule has 3 rings (SSSR count). The van der Waals surface area contributed by atoms with Crippen LogP contribution in [-0.4, -0.2) is 89.7 Å². The Bertz CT molecular complexity index is 642. The molecule has 6 nitrogen and oxygen atoms in total. The molecule has 2 aliphatic rings. The molecule has 0 spiro atoms. The molecule has 0 aromatic carbocycles. The highest BCUT2D eigenvalue weighted by Crippen LogP contribution is 2.27. The lowest BCUT2D eigenvalue weighted by atomic mass is 9.96. The van der Waals surface area contributed by atoms with Gasteiger partial charge >= 0.3 is 0 Å². The number of aryl methyl sites for hydroxylation is 1. The number of hydrogen-bond acceptors (Lipinski definition) is 4. The number of rotatable bonds is 4. The number of carbonyl (C=O) groups excluding carboxylic acids is 1. The van der Waals surface area contributed by atoms with Gasteiger partial charge in [-0.15, -0.1) is 0 Å². The first kappa shape index (κ1) is 19.4. The number of hydrogen-bond donors (Lipinski definition) is 1. The summed E-state index contributed by atoms with van der Waals surface area (Å²) in [6.07, 6.45) is 1.19. The van der Waals surface area contributed by atoms with E-state index in [0.717, 1.165) is 56.2 Å². The molecule has 1 amide bonds. The summed E-state index contributed by atoms with van der Waals surface area (Å²) in [5.74, 6) is 0.658. The standard InChI is InChI=1S/C20H34N4O2/c1-15-10-19(16(2)22(15)4)20(26)24-12-17(18(13-24)14-25)11-23-7-5-6-21(3)8-9-23/h10,17-18,25H,5-9,11-14H2,1-4H3/t17-,18-/m1/s1. The van der Waals surface area contributed by atoms with Crippen LogP contribution in [0.2, 0.25) is 0 Å². The molecule has 0 saturated carbocycles. The zero-order valence-corrected chi connectivity index (χ0v) is 16.7. The quantitative estimate of drug-likeness (QED) is 0.867. The largest absolute Gasteiger partial charge is 0.396 e. The fraction of sp³-hybridized carbons (Fsp3) is 0.750. The van der Waals surface area contributed by atoms with Gasteiger partial charge in [-0.1, -0.05) is 0 Å². The van der Waals surface area contributed by atoms with Crippen LogP contribution in [0.4, 0.5) is 0 Å². The highest BCUT2D eigenvalue weighted by molar-refractivity contribution is 5.96. The first-order chi connectivity index (χ1) is 12.4. The maximum Gasteiger partial charge on any atom is 0.255 e. The van der Waals surface area contributed by atoms with E-state index in [9.17, 15) is 9.90 Å². The van der Waals surface area contributed by atoms with Crippen molar-refractivity contribution in [1.82, 2.24) is 19.3 Å². The van der Waals surface area contributed by atoms with Gasteiger partial charge < -0.3 is 24.4 Å². The molecule has 1 aromatic rings. The molecule has 0 aliphatic carbocycles. The molecule has 0 radical (unpaired) electrons. The lowest BCUT2D eigenvalue weighted by molar-refractivity contribution is 0.0778. The number of aromatic nitrogens is 1. The van der Waals surface area contributed by atoms with Crippen molar-refractivity contribution in [3.05, 3.63) is 23.0 Å². The van der Waals surface area contributed by atoms with Gasteiger partial charge in [0.15, 0.2) is 0 Å². The van der Waals surface area contributed by atoms with Crippen LogP contribution < -0.4 is 0 Å². The van der Waals surface area contributed by atoms with Crippen molar-refractivity contribution >= 4 is 5.91 Å². The van der Waals surface area contributed by atoms with E-state index in [1.165, 1.54) is 6.42 Å². The molecule has 2 atom stereocenters. The fourth-order valence-corrected chi connectivity index (χ4v) is 4.37. The van der Waals surface area contributed by atoms with E-state index >= 15 is 0 Å². The van der Waals surface area contributed by atoms with Crippen LogP contribution in [0.15, 0.2) is 6.07 Å². The summed E-state index contributed by atoms with van der Waals surface area (Å²) in [4.78, 5) is 19.9. The van der Waals surface area contributed by atoms with E-state index in [2.05, 4.69) is 21.4 Å². The predicted octanol–water partition coefficient (Wildman–Crippen LogP) is 0.960. The SMILES string of the molecule is Cc1cc(C(=O)N2C[C@@H](CN3CCCN(C)CC3)[C@@H](CO)C2)c(C)n1C. The number of carbonyl (C=O) groups is 1. The van der Waals surface area contributed by atoms with E-state index in [4.69, 9.17) is 0 Å². The number of likely N-dealkylation sites (tertiary alicyclic amines) is 1. The van der Waals surface area contributed by atoms with Crippen molar-refractivity contribution in [3.63, 3.8) is 0 Å². The molecular weight excluding hydrogens is 328 g/mol. The van der Waals surface area contributed by atoms with Crippen LogP contribution in [0.1, 0.15) is 28.2 Å². The Morgan fingerprint density at radius 2 is 1.85 bits per heavy atom. The fourth-order valence-electron chi connectivity index (χ4n) is 4.37. The molecule has 2 fully saturated rings. The Morgan fingerprint density at radius 1 is 1.12 bits per heavy atom. The molecular formula is C20H34N4O2. The molecule has 2 aliphatic heterocycles. The molecule has 146 valence electrons. The van der Waals surface area contributed by atoms with Gasteiger partial charge in [-0.25, -0.2) is 0 Å². The number of likely N-dealkylation sites (N-methyl/N-ethyl adjacent to an activating group) is 1. The van der Waals surface area contributed by atoms with Crippen LogP contribution in [0.5, 0.6) is 0 Å². The third kappa shape index (κ3) is 3.97. The van der Waals surface area contributed by atoms with Crippen LogP contribution in [0.25, 0.3) is 0 Å². The van der Waals surface area contributed by atoms with Crippen LogP contribution in [0, 0.1) is 25.7 Å².